The number of aromatic nitrogens is 3. The number of hydrogen-bond donors (Lipinski definition) is 6. The minimum Gasteiger partial charge on any atom is -0.403 e. The number of aryl methyl sites for hydroxylation is 1. The standard InChI is InChI=1S/C30H35F4N7O4.C2H7N3/c1-43-17-21(35)5-2-4-19-12-23(26(31)25(13-19)45-30(32,33)34)24-14-20-15-41(29(42)40-27(20)39-24)22-8-6-18(7-9-22)16-44-11-3-10-38-28(36)37;1-5-2(3)4/h6-9,12-15,21H,2-5,10-11,16-17,35H2,1H3,(H4,36,37,38)(H,39,40,42);1H3,(H4,3,4,5). The first-order chi connectivity index (χ1) is 23.7. The molecule has 1 atom stereocenters. The van der Waals surface area contributed by atoms with E-state index < -0.39 is 23.6 Å². The number of rotatable bonds is 15. The lowest BCUT2D eigenvalue weighted by molar-refractivity contribution is -0.275. The average Bonchev–Trinajstić information content (AvgIpc) is 3.46. The van der Waals surface area contributed by atoms with Gasteiger partial charge in [0.1, 0.15) is 5.65 Å². The summed E-state index contributed by atoms with van der Waals surface area (Å²) in [6.45, 7) is 1.61. The summed E-state index contributed by atoms with van der Waals surface area (Å²) in [6, 6.07) is 10.8. The predicted octanol–water partition coefficient (Wildman–Crippen LogP) is 2.78. The lowest BCUT2D eigenvalue weighted by Gasteiger charge is -2.15. The SMILES string of the molecule is CN=C(N)N.COCC(N)CCCc1cc(OC(F)(F)F)c(F)c(-c2cc3cn(-c4ccc(COCCCN=C(N)N)cc4)c(=O)nc3[nH]2)c1. The predicted molar refractivity (Wildman–Crippen MR) is 183 cm³/mol. The summed E-state index contributed by atoms with van der Waals surface area (Å²) >= 11 is 0. The van der Waals surface area contributed by atoms with Crippen molar-refractivity contribution in [3.63, 3.8) is 0 Å². The molecule has 2 aromatic heterocycles. The van der Waals surface area contributed by atoms with Gasteiger partial charge < -0.3 is 47.9 Å². The Morgan fingerprint density at radius 2 is 1.74 bits per heavy atom. The van der Waals surface area contributed by atoms with Crippen LogP contribution in [0.1, 0.15) is 30.4 Å². The second kappa shape index (κ2) is 18.5. The van der Waals surface area contributed by atoms with Crippen LogP contribution in [0.3, 0.4) is 0 Å². The summed E-state index contributed by atoms with van der Waals surface area (Å²) in [5.41, 5.74) is 27.5. The lowest BCUT2D eigenvalue weighted by Crippen LogP contribution is -2.25. The maximum atomic E-state index is 15.4. The molecule has 0 radical (unpaired) electrons. The van der Waals surface area contributed by atoms with E-state index in [-0.39, 0.29) is 34.9 Å². The van der Waals surface area contributed by atoms with Crippen molar-refractivity contribution in [3.05, 3.63) is 76.1 Å². The molecule has 4 aromatic rings. The number of benzene rings is 2. The molecule has 2 aromatic carbocycles. The Bertz CT molecular complexity index is 1800. The van der Waals surface area contributed by atoms with Gasteiger partial charge in [-0.3, -0.25) is 14.6 Å². The topological polar surface area (TPSA) is 233 Å². The molecule has 0 aliphatic carbocycles. The van der Waals surface area contributed by atoms with E-state index >= 15 is 4.39 Å². The van der Waals surface area contributed by atoms with Crippen molar-refractivity contribution in [1.82, 2.24) is 14.5 Å². The number of halogens is 4. The highest BCUT2D eigenvalue weighted by molar-refractivity contribution is 5.83. The van der Waals surface area contributed by atoms with Crippen molar-refractivity contribution in [2.45, 2.75) is 44.7 Å². The van der Waals surface area contributed by atoms with Gasteiger partial charge in [-0.2, -0.15) is 4.98 Å². The van der Waals surface area contributed by atoms with Crippen molar-refractivity contribution in [1.29, 1.82) is 0 Å². The van der Waals surface area contributed by atoms with Crippen LogP contribution in [0.2, 0.25) is 0 Å². The van der Waals surface area contributed by atoms with Crippen molar-refractivity contribution >= 4 is 23.0 Å². The number of nitrogens with one attached hydrogen (secondary N) is 1. The minimum absolute atomic E-state index is 0.0291. The number of nitrogens with zero attached hydrogens (tertiary/aromatic N) is 4. The zero-order valence-electron chi connectivity index (χ0n) is 27.7. The van der Waals surface area contributed by atoms with Crippen molar-refractivity contribution in [2.24, 2.45) is 38.7 Å². The molecule has 0 bridgehead atoms. The molecular weight excluding hydrogens is 664 g/mol. The largest absolute Gasteiger partial charge is 0.573 e. The first-order valence-electron chi connectivity index (χ1n) is 15.4. The molecule has 1 unspecified atom stereocenters. The van der Waals surface area contributed by atoms with Gasteiger partial charge in [-0.15, -0.1) is 13.2 Å². The molecule has 4 rings (SSSR count). The molecular formula is C32H42F4N10O4. The maximum Gasteiger partial charge on any atom is 0.573 e. The molecule has 14 nitrogen and oxygen atoms in total. The zero-order chi connectivity index (χ0) is 36.8. The number of aromatic amines is 1. The molecule has 2 heterocycles. The van der Waals surface area contributed by atoms with E-state index in [1.807, 2.05) is 0 Å². The Kier molecular flexibility index (Phi) is 14.5. The molecule has 0 fully saturated rings. The van der Waals surface area contributed by atoms with Crippen LogP contribution in [0, 0.1) is 5.82 Å². The quantitative estimate of drug-likeness (QED) is 0.0458. The van der Waals surface area contributed by atoms with Crippen LogP contribution in [0.15, 0.2) is 63.4 Å². The summed E-state index contributed by atoms with van der Waals surface area (Å²) < 4.78 is 70.7. The third-order valence-corrected chi connectivity index (χ3v) is 7.03. The number of H-pyrrole nitrogens is 1. The highest BCUT2D eigenvalue weighted by atomic mass is 19.4. The summed E-state index contributed by atoms with van der Waals surface area (Å²) in [4.78, 5) is 27.1. The van der Waals surface area contributed by atoms with E-state index in [1.165, 1.54) is 37.1 Å². The maximum absolute atomic E-state index is 15.4. The number of fused-ring (bicyclic) bond motifs is 1. The van der Waals surface area contributed by atoms with Gasteiger partial charge in [0.2, 0.25) is 0 Å². The number of alkyl halides is 3. The van der Waals surface area contributed by atoms with E-state index in [0.29, 0.717) is 68.7 Å². The number of hydrogen-bond acceptors (Lipinski definition) is 8. The summed E-state index contributed by atoms with van der Waals surface area (Å²) in [5.74, 6) is -2.00. The van der Waals surface area contributed by atoms with Gasteiger partial charge in [-0.05, 0) is 67.1 Å². The van der Waals surface area contributed by atoms with Crippen LogP contribution >= 0.6 is 0 Å². The first-order valence-corrected chi connectivity index (χ1v) is 15.4. The fraction of sp³-hybridized carbons (Fsp3) is 0.375. The van der Waals surface area contributed by atoms with Crippen LogP contribution in [0.5, 0.6) is 5.75 Å². The van der Waals surface area contributed by atoms with Gasteiger partial charge in [0, 0.05) is 50.5 Å². The van der Waals surface area contributed by atoms with Crippen LogP contribution in [0.4, 0.5) is 17.6 Å². The molecule has 272 valence electrons. The number of methoxy groups -OCH3 is 1. The van der Waals surface area contributed by atoms with E-state index in [2.05, 4.69) is 24.7 Å². The fourth-order valence-electron chi connectivity index (χ4n) is 4.70. The van der Waals surface area contributed by atoms with Gasteiger partial charge in [0.05, 0.1) is 24.6 Å². The van der Waals surface area contributed by atoms with Crippen LogP contribution in [-0.2, 0) is 22.5 Å². The first kappa shape index (κ1) is 39.2. The molecule has 50 heavy (non-hydrogen) atoms. The van der Waals surface area contributed by atoms with E-state index in [9.17, 15) is 18.0 Å². The van der Waals surface area contributed by atoms with Gasteiger partial charge in [-0.1, -0.05) is 12.1 Å². The second-order valence-corrected chi connectivity index (χ2v) is 11.0. The summed E-state index contributed by atoms with van der Waals surface area (Å²) in [5, 5.41) is 0.436. The second-order valence-electron chi connectivity index (χ2n) is 11.0. The Balaban J connectivity index is 0.00000126. The Hall–Kier alpha value is -5.20. The molecule has 0 spiro atoms. The van der Waals surface area contributed by atoms with Gasteiger partial charge in [0.25, 0.3) is 0 Å². The molecule has 0 amide bonds. The van der Waals surface area contributed by atoms with Gasteiger partial charge in [-0.25, -0.2) is 9.18 Å². The Morgan fingerprint density at radius 3 is 2.36 bits per heavy atom. The van der Waals surface area contributed by atoms with Gasteiger partial charge >= 0.3 is 12.1 Å². The minimum atomic E-state index is -5.10. The molecule has 0 aliphatic heterocycles. The van der Waals surface area contributed by atoms with Crippen molar-refractivity contribution < 1.29 is 31.8 Å². The van der Waals surface area contributed by atoms with Crippen LogP contribution in [-0.4, -0.2) is 72.8 Å². The van der Waals surface area contributed by atoms with Gasteiger partial charge in [0.15, 0.2) is 23.5 Å². The third kappa shape index (κ3) is 12.4. The lowest BCUT2D eigenvalue weighted by atomic mass is 10.0. The number of guanidine groups is 2. The molecule has 0 aliphatic rings. The molecule has 0 saturated carbocycles. The average molecular weight is 707 g/mol. The Labute approximate surface area is 285 Å². The van der Waals surface area contributed by atoms with E-state index in [1.54, 1.807) is 24.3 Å². The monoisotopic (exact) mass is 706 g/mol. The van der Waals surface area contributed by atoms with E-state index in [0.717, 1.165) is 11.6 Å². The number of ether oxygens (including phenoxy) is 3. The van der Waals surface area contributed by atoms with Crippen molar-refractivity contribution in [2.75, 3.05) is 33.9 Å². The molecule has 18 heteroatoms. The summed E-state index contributed by atoms with van der Waals surface area (Å²) in [6.07, 6.45) is -1.53. The summed E-state index contributed by atoms with van der Waals surface area (Å²) in [7, 11) is 3.06. The Morgan fingerprint density at radius 1 is 1.04 bits per heavy atom. The zero-order valence-corrected chi connectivity index (χ0v) is 27.7. The van der Waals surface area contributed by atoms with Crippen LogP contribution < -0.4 is 39.1 Å². The number of nitrogens with two attached hydrogens (primary N) is 5. The highest BCUT2D eigenvalue weighted by Gasteiger charge is 2.33. The molecule has 11 N–H and O–H groups in total. The van der Waals surface area contributed by atoms with E-state index in [4.69, 9.17) is 38.1 Å². The normalized spacial score (nSPS) is 11.8. The third-order valence-electron chi connectivity index (χ3n) is 7.03. The smallest absolute Gasteiger partial charge is 0.403 e. The fourth-order valence-corrected chi connectivity index (χ4v) is 4.70. The van der Waals surface area contributed by atoms with Crippen molar-refractivity contribution in [3.8, 4) is 22.7 Å². The highest BCUT2D eigenvalue weighted by Crippen LogP contribution is 2.35. The number of aliphatic imine (C=N–C) groups is 2. The van der Waals surface area contributed by atoms with Crippen LogP contribution in [0.25, 0.3) is 28.0 Å². The molecule has 0 saturated heterocycles.